The van der Waals surface area contributed by atoms with Crippen molar-refractivity contribution in [2.75, 3.05) is 5.43 Å². The van der Waals surface area contributed by atoms with Gasteiger partial charge in [-0.1, -0.05) is 48.0 Å². The van der Waals surface area contributed by atoms with Crippen molar-refractivity contribution in [2.45, 2.75) is 12.1 Å². The van der Waals surface area contributed by atoms with E-state index in [2.05, 4.69) is 25.7 Å². The first-order valence-corrected chi connectivity index (χ1v) is 9.92. The van der Waals surface area contributed by atoms with Crippen molar-refractivity contribution in [2.24, 2.45) is 5.10 Å². The van der Waals surface area contributed by atoms with Gasteiger partial charge in [0.2, 0.25) is 11.7 Å². The Bertz CT molecular complexity index is 1160. The topological polar surface area (TPSA) is 93.3 Å². The largest absolute Gasteiger partial charge is 0.411 e. The van der Waals surface area contributed by atoms with Gasteiger partial charge in [-0.15, -0.1) is 10.2 Å². The molecule has 4 aromatic rings. The number of hydrazone groups is 1. The van der Waals surface area contributed by atoms with Crippen LogP contribution in [-0.2, 0) is 0 Å². The molecule has 0 saturated carbocycles. The highest BCUT2D eigenvalue weighted by Crippen LogP contribution is 2.25. The Morgan fingerprint density at radius 3 is 2.53 bits per heavy atom. The lowest BCUT2D eigenvalue weighted by molar-refractivity contribution is 0.106. The molecule has 2 aromatic heterocycles. The molecular weight excluding hydrogens is 398 g/mol. The summed E-state index contributed by atoms with van der Waals surface area (Å²) in [5.74, 6) is 0.0740. The summed E-state index contributed by atoms with van der Waals surface area (Å²) in [5, 5.41) is 12.8. The van der Waals surface area contributed by atoms with Crippen molar-refractivity contribution in [1.29, 1.82) is 0 Å². The number of hydrogen-bond acceptors (Lipinski definition) is 8. The van der Waals surface area contributed by atoms with Gasteiger partial charge in [-0.05, 0) is 43.0 Å². The van der Waals surface area contributed by atoms with Crippen LogP contribution in [0.2, 0.25) is 0 Å². The minimum Gasteiger partial charge on any atom is -0.411 e. The van der Waals surface area contributed by atoms with Crippen molar-refractivity contribution in [3.63, 3.8) is 0 Å². The highest BCUT2D eigenvalue weighted by molar-refractivity contribution is 8.15. The van der Waals surface area contributed by atoms with Crippen molar-refractivity contribution < 1.29 is 9.21 Å². The number of carbonyl (C=O) groups is 1. The molecular formula is C22H17N5O2S. The van der Waals surface area contributed by atoms with E-state index in [1.165, 1.54) is 0 Å². The van der Waals surface area contributed by atoms with Crippen LogP contribution >= 0.6 is 11.8 Å². The number of pyridine rings is 1. The van der Waals surface area contributed by atoms with Gasteiger partial charge in [-0.25, -0.2) is 0 Å². The third kappa shape index (κ3) is 4.79. The monoisotopic (exact) mass is 415 g/mol. The maximum Gasteiger partial charge on any atom is 0.283 e. The van der Waals surface area contributed by atoms with Crippen LogP contribution in [0.25, 0.3) is 11.5 Å². The number of nitrogens with one attached hydrogen (secondary N) is 1. The van der Waals surface area contributed by atoms with Gasteiger partial charge in [0.25, 0.3) is 5.22 Å². The van der Waals surface area contributed by atoms with Gasteiger partial charge >= 0.3 is 0 Å². The number of benzene rings is 2. The Morgan fingerprint density at radius 1 is 1.00 bits per heavy atom. The summed E-state index contributed by atoms with van der Waals surface area (Å²) in [6.45, 7) is 2.00. The lowest BCUT2D eigenvalue weighted by atomic mass is 10.1. The third-order valence-electron chi connectivity index (χ3n) is 4.07. The smallest absolute Gasteiger partial charge is 0.283 e. The lowest BCUT2D eigenvalue weighted by Gasteiger charge is -2.05. The van der Waals surface area contributed by atoms with E-state index in [-0.39, 0.29) is 16.0 Å². The quantitative estimate of drug-likeness (QED) is 0.158. The predicted molar refractivity (Wildman–Crippen MR) is 116 cm³/mol. The molecule has 0 spiro atoms. The van der Waals surface area contributed by atoms with E-state index < -0.39 is 0 Å². The fraction of sp³-hybridized carbons (Fsp3) is 0.0455. The number of ketones is 1. The van der Waals surface area contributed by atoms with E-state index in [9.17, 15) is 4.79 Å². The third-order valence-corrected chi connectivity index (χ3v) is 4.88. The molecule has 0 fully saturated rings. The van der Waals surface area contributed by atoms with Crippen LogP contribution in [0.1, 0.15) is 15.9 Å². The van der Waals surface area contributed by atoms with Crippen LogP contribution in [0.15, 0.2) is 93.9 Å². The first-order valence-electron chi connectivity index (χ1n) is 9.11. The SMILES string of the molecule is Cc1ccc(N/N=C(/Sc2nnc(-c3cccnc3)o2)C(=O)c2ccccc2)cc1. The van der Waals surface area contributed by atoms with Crippen molar-refractivity contribution in [3.8, 4) is 11.5 Å². The molecule has 0 aliphatic carbocycles. The molecule has 0 unspecified atom stereocenters. The van der Waals surface area contributed by atoms with Crippen LogP contribution in [0.3, 0.4) is 0 Å². The number of aryl methyl sites for hydroxylation is 1. The Hall–Kier alpha value is -3.78. The molecule has 1 N–H and O–H groups in total. The second-order valence-electron chi connectivity index (χ2n) is 6.31. The highest BCUT2D eigenvalue weighted by atomic mass is 32.2. The average molecular weight is 415 g/mol. The van der Waals surface area contributed by atoms with Gasteiger partial charge in [-0.3, -0.25) is 15.2 Å². The number of hydrogen-bond donors (Lipinski definition) is 1. The Morgan fingerprint density at radius 2 is 1.80 bits per heavy atom. The Balaban J connectivity index is 1.60. The number of nitrogens with zero attached hydrogens (tertiary/aromatic N) is 4. The van der Waals surface area contributed by atoms with Crippen LogP contribution in [0.5, 0.6) is 0 Å². The van der Waals surface area contributed by atoms with Gasteiger partial charge in [0.15, 0.2) is 5.04 Å². The molecule has 0 radical (unpaired) electrons. The molecule has 2 heterocycles. The van der Waals surface area contributed by atoms with Crippen LogP contribution < -0.4 is 5.43 Å². The summed E-state index contributed by atoms with van der Waals surface area (Å²) in [4.78, 5) is 17.1. The molecule has 7 nitrogen and oxygen atoms in total. The standard InChI is InChI=1S/C22H17N5O2S/c1-15-9-11-18(12-10-15)24-26-21(19(28)16-6-3-2-4-7-16)30-22-27-25-20(29-22)17-8-5-13-23-14-17/h2-14,24H,1H3/b26-21+. The minimum absolute atomic E-state index is 0.183. The van der Waals surface area contributed by atoms with E-state index >= 15 is 0 Å². The number of anilines is 1. The maximum atomic E-state index is 13.0. The van der Waals surface area contributed by atoms with Crippen molar-refractivity contribution in [1.82, 2.24) is 15.2 Å². The summed E-state index contributed by atoms with van der Waals surface area (Å²) in [6.07, 6.45) is 3.29. The van der Waals surface area contributed by atoms with Crippen LogP contribution in [0.4, 0.5) is 5.69 Å². The Kier molecular flexibility index (Phi) is 5.95. The number of Topliss-reactive ketones (excluding diaryl/α,β-unsaturated/α-hetero) is 1. The van der Waals surface area contributed by atoms with Crippen molar-refractivity contribution >= 4 is 28.3 Å². The van der Waals surface area contributed by atoms with Crippen LogP contribution in [0, 0.1) is 6.92 Å². The first kappa shape index (κ1) is 19.5. The molecule has 0 atom stereocenters. The molecule has 8 heteroatoms. The summed E-state index contributed by atoms with van der Waals surface area (Å²) >= 11 is 1.01. The van der Waals surface area contributed by atoms with Crippen LogP contribution in [-0.4, -0.2) is 26.0 Å². The fourth-order valence-electron chi connectivity index (χ4n) is 2.52. The highest BCUT2D eigenvalue weighted by Gasteiger charge is 2.20. The Labute approximate surface area is 177 Å². The molecule has 0 aliphatic rings. The second kappa shape index (κ2) is 9.15. The molecule has 0 saturated heterocycles. The molecule has 30 heavy (non-hydrogen) atoms. The zero-order valence-electron chi connectivity index (χ0n) is 16.0. The van der Waals surface area contributed by atoms with Gasteiger partial charge in [0, 0.05) is 18.0 Å². The van der Waals surface area contributed by atoms with Gasteiger partial charge in [0.1, 0.15) is 0 Å². The van der Waals surface area contributed by atoms with E-state index in [1.54, 1.807) is 42.7 Å². The maximum absolute atomic E-state index is 13.0. The lowest BCUT2D eigenvalue weighted by Crippen LogP contribution is -2.13. The number of rotatable bonds is 6. The van der Waals surface area contributed by atoms with E-state index in [0.717, 1.165) is 23.0 Å². The van der Waals surface area contributed by atoms with Gasteiger partial charge < -0.3 is 4.42 Å². The number of carbonyl (C=O) groups excluding carboxylic acids is 1. The van der Waals surface area contributed by atoms with Gasteiger partial charge in [0.05, 0.1) is 11.3 Å². The van der Waals surface area contributed by atoms with E-state index in [0.29, 0.717) is 17.0 Å². The van der Waals surface area contributed by atoms with Crippen molar-refractivity contribution in [3.05, 3.63) is 90.3 Å². The molecule has 0 aliphatic heterocycles. The fourth-order valence-corrected chi connectivity index (χ4v) is 3.19. The van der Waals surface area contributed by atoms with E-state index in [1.807, 2.05) is 43.3 Å². The first-order chi connectivity index (χ1) is 14.7. The normalized spacial score (nSPS) is 11.3. The summed E-state index contributed by atoms with van der Waals surface area (Å²) in [5.41, 5.74) is 6.04. The zero-order valence-corrected chi connectivity index (χ0v) is 16.8. The summed E-state index contributed by atoms with van der Waals surface area (Å²) < 4.78 is 5.69. The predicted octanol–water partition coefficient (Wildman–Crippen LogP) is 4.84. The summed E-state index contributed by atoms with van der Waals surface area (Å²) in [7, 11) is 0. The summed E-state index contributed by atoms with van der Waals surface area (Å²) in [6, 6.07) is 20.2. The molecule has 148 valence electrons. The number of thioether (sulfide) groups is 1. The molecule has 2 aromatic carbocycles. The van der Waals surface area contributed by atoms with Gasteiger partial charge in [-0.2, -0.15) is 5.10 Å². The zero-order chi connectivity index (χ0) is 20.8. The minimum atomic E-state index is -0.249. The number of aromatic nitrogens is 3. The molecule has 0 amide bonds. The van der Waals surface area contributed by atoms with E-state index in [4.69, 9.17) is 4.42 Å². The molecule has 4 rings (SSSR count). The second-order valence-corrected chi connectivity index (χ2v) is 7.25. The molecule has 0 bridgehead atoms. The average Bonchev–Trinajstić information content (AvgIpc) is 3.27.